The summed E-state index contributed by atoms with van der Waals surface area (Å²) in [5, 5.41) is 0. The van der Waals surface area contributed by atoms with Crippen molar-refractivity contribution in [1.29, 1.82) is 0 Å². The smallest absolute Gasteiger partial charge is 0.161 e. The van der Waals surface area contributed by atoms with Gasteiger partial charge in [0.1, 0.15) is 0 Å². The number of allylic oxidation sites excluding steroid dienone is 1. The van der Waals surface area contributed by atoms with E-state index in [1.165, 1.54) is 0 Å². The van der Waals surface area contributed by atoms with Crippen LogP contribution in [-0.4, -0.2) is 20.1 Å². The highest BCUT2D eigenvalue weighted by Crippen LogP contribution is 2.28. The Kier molecular flexibility index (Phi) is 4.99. The van der Waals surface area contributed by atoms with Crippen LogP contribution >= 0.6 is 27.5 Å². The van der Waals surface area contributed by atoms with Gasteiger partial charge in [0.25, 0.3) is 0 Å². The van der Waals surface area contributed by atoms with Crippen LogP contribution in [0.15, 0.2) is 22.7 Å². The molecule has 1 rings (SSSR count). The van der Waals surface area contributed by atoms with Crippen LogP contribution in [0.1, 0.15) is 5.56 Å². The minimum absolute atomic E-state index is 0.453. The second kappa shape index (κ2) is 6.03. The van der Waals surface area contributed by atoms with E-state index in [0.717, 1.165) is 15.8 Å². The number of hydrogen-bond donors (Lipinski definition) is 0. The third kappa shape index (κ3) is 3.43. The first kappa shape index (κ1) is 12.4. The maximum atomic E-state index is 5.66. The van der Waals surface area contributed by atoms with E-state index in [9.17, 15) is 0 Å². The minimum atomic E-state index is 0.453. The molecule has 0 aliphatic rings. The first-order chi connectivity index (χ1) is 7.21. The lowest BCUT2D eigenvalue weighted by Gasteiger charge is -2.07. The molecule has 15 heavy (non-hydrogen) atoms. The molecule has 0 bridgehead atoms. The highest BCUT2D eigenvalue weighted by Gasteiger charge is 2.03. The Morgan fingerprint density at radius 2 is 2.00 bits per heavy atom. The summed E-state index contributed by atoms with van der Waals surface area (Å²) in [4.78, 5) is 0. The molecule has 82 valence electrons. The summed E-state index contributed by atoms with van der Waals surface area (Å²) in [6, 6.07) is 5.70. The van der Waals surface area contributed by atoms with Crippen molar-refractivity contribution in [2.75, 3.05) is 20.1 Å². The maximum absolute atomic E-state index is 5.66. The number of methoxy groups -OCH3 is 2. The number of hydrogen-bond acceptors (Lipinski definition) is 2. The molecule has 0 aliphatic carbocycles. The van der Waals surface area contributed by atoms with E-state index < -0.39 is 0 Å². The summed E-state index contributed by atoms with van der Waals surface area (Å²) in [5.41, 5.74) is 1.01. The van der Waals surface area contributed by atoms with Crippen LogP contribution in [0.25, 0.3) is 6.08 Å². The zero-order valence-corrected chi connectivity index (χ0v) is 10.9. The molecule has 0 radical (unpaired) electrons. The molecule has 2 nitrogen and oxygen atoms in total. The van der Waals surface area contributed by atoms with Gasteiger partial charge in [-0.3, -0.25) is 0 Å². The minimum Gasteiger partial charge on any atom is -0.493 e. The quantitative estimate of drug-likeness (QED) is 0.788. The SMILES string of the molecule is COc1ccc(/C=C(\Br)CCl)cc1OC. The molecule has 1 aromatic rings. The van der Waals surface area contributed by atoms with Crippen LogP contribution in [0.5, 0.6) is 11.5 Å². The van der Waals surface area contributed by atoms with Crippen molar-refractivity contribution in [2.45, 2.75) is 0 Å². The Morgan fingerprint density at radius 3 is 2.53 bits per heavy atom. The lowest BCUT2D eigenvalue weighted by Crippen LogP contribution is -1.90. The third-order valence-corrected chi connectivity index (χ3v) is 2.98. The van der Waals surface area contributed by atoms with Gasteiger partial charge in [-0.25, -0.2) is 0 Å². The van der Waals surface area contributed by atoms with Crippen LogP contribution in [0.4, 0.5) is 0 Å². The fourth-order valence-electron chi connectivity index (χ4n) is 1.16. The highest BCUT2D eigenvalue weighted by atomic mass is 79.9. The van der Waals surface area contributed by atoms with Gasteiger partial charge in [0.15, 0.2) is 11.5 Å². The van der Waals surface area contributed by atoms with Crippen molar-refractivity contribution in [1.82, 2.24) is 0 Å². The standard InChI is InChI=1S/C11H12BrClO2/c1-14-10-4-3-8(5-9(12)7-13)6-11(10)15-2/h3-6H,7H2,1-2H3/b9-5-. The molecule has 4 heteroatoms. The van der Waals surface area contributed by atoms with E-state index >= 15 is 0 Å². The average molecular weight is 292 g/mol. The normalized spacial score (nSPS) is 11.3. The number of benzene rings is 1. The molecule has 0 fully saturated rings. The van der Waals surface area contributed by atoms with Crippen LogP contribution < -0.4 is 9.47 Å². The Labute approximate surface area is 103 Å². The molecule has 0 saturated heterocycles. The zero-order chi connectivity index (χ0) is 11.3. The van der Waals surface area contributed by atoms with Gasteiger partial charge in [0.05, 0.1) is 20.1 Å². The van der Waals surface area contributed by atoms with Crippen molar-refractivity contribution in [3.8, 4) is 11.5 Å². The van der Waals surface area contributed by atoms with Crippen molar-refractivity contribution >= 4 is 33.6 Å². The number of ether oxygens (including phenoxy) is 2. The number of halogens is 2. The molecule has 1 aromatic carbocycles. The fourth-order valence-corrected chi connectivity index (χ4v) is 1.50. The molecule has 0 atom stereocenters. The number of alkyl halides is 1. The predicted molar refractivity (Wildman–Crippen MR) is 67.2 cm³/mol. The van der Waals surface area contributed by atoms with Gasteiger partial charge in [-0.05, 0) is 23.8 Å². The Bertz CT molecular complexity index is 364. The largest absolute Gasteiger partial charge is 0.493 e. The van der Waals surface area contributed by atoms with Gasteiger partial charge < -0.3 is 9.47 Å². The first-order valence-electron chi connectivity index (χ1n) is 4.35. The summed E-state index contributed by atoms with van der Waals surface area (Å²) >= 11 is 9.02. The van der Waals surface area contributed by atoms with Crippen molar-refractivity contribution in [3.63, 3.8) is 0 Å². The molecule has 0 unspecified atom stereocenters. The summed E-state index contributed by atoms with van der Waals surface area (Å²) in [6.07, 6.45) is 1.94. The molecule has 0 N–H and O–H groups in total. The molecule has 0 saturated carbocycles. The van der Waals surface area contributed by atoms with Crippen molar-refractivity contribution in [3.05, 3.63) is 28.2 Å². The van der Waals surface area contributed by atoms with Gasteiger partial charge in [0, 0.05) is 4.48 Å². The van der Waals surface area contributed by atoms with E-state index in [1.807, 2.05) is 24.3 Å². The lowest BCUT2D eigenvalue weighted by atomic mass is 10.2. The summed E-state index contributed by atoms with van der Waals surface area (Å²) in [7, 11) is 3.23. The third-order valence-electron chi connectivity index (χ3n) is 1.86. The fraction of sp³-hybridized carbons (Fsp3) is 0.273. The average Bonchev–Trinajstić information content (AvgIpc) is 2.28. The lowest BCUT2D eigenvalue weighted by molar-refractivity contribution is 0.355. The van der Waals surface area contributed by atoms with Crippen LogP contribution in [0, 0.1) is 0 Å². The van der Waals surface area contributed by atoms with Gasteiger partial charge in [-0.15, -0.1) is 11.6 Å². The van der Waals surface area contributed by atoms with E-state index in [2.05, 4.69) is 15.9 Å². The monoisotopic (exact) mass is 290 g/mol. The van der Waals surface area contributed by atoms with Crippen molar-refractivity contribution in [2.24, 2.45) is 0 Å². The molecule has 0 spiro atoms. The van der Waals surface area contributed by atoms with E-state index in [4.69, 9.17) is 21.1 Å². The first-order valence-corrected chi connectivity index (χ1v) is 5.68. The van der Waals surface area contributed by atoms with Gasteiger partial charge in [-0.2, -0.15) is 0 Å². The molecule has 0 aliphatic heterocycles. The van der Waals surface area contributed by atoms with Crippen LogP contribution in [0.2, 0.25) is 0 Å². The Morgan fingerprint density at radius 1 is 1.33 bits per heavy atom. The zero-order valence-electron chi connectivity index (χ0n) is 8.59. The van der Waals surface area contributed by atoms with Gasteiger partial charge >= 0.3 is 0 Å². The molecular formula is C11H12BrClO2. The Balaban J connectivity index is 3.03. The summed E-state index contributed by atoms with van der Waals surface area (Å²) in [6.45, 7) is 0. The molecular weight excluding hydrogens is 279 g/mol. The predicted octanol–water partition coefficient (Wildman–Crippen LogP) is 3.68. The topological polar surface area (TPSA) is 18.5 Å². The molecule has 0 amide bonds. The second-order valence-corrected chi connectivity index (χ2v) is 4.13. The van der Waals surface area contributed by atoms with Gasteiger partial charge in [0.2, 0.25) is 0 Å². The second-order valence-electron chi connectivity index (χ2n) is 2.84. The maximum Gasteiger partial charge on any atom is 0.161 e. The van der Waals surface area contributed by atoms with E-state index in [0.29, 0.717) is 11.6 Å². The van der Waals surface area contributed by atoms with Crippen LogP contribution in [0.3, 0.4) is 0 Å². The molecule has 0 aromatic heterocycles. The van der Waals surface area contributed by atoms with Crippen LogP contribution in [-0.2, 0) is 0 Å². The summed E-state index contributed by atoms with van der Waals surface area (Å²) in [5.74, 6) is 1.88. The van der Waals surface area contributed by atoms with E-state index in [-0.39, 0.29) is 0 Å². The number of rotatable bonds is 4. The molecule has 0 heterocycles. The van der Waals surface area contributed by atoms with Crippen molar-refractivity contribution < 1.29 is 9.47 Å². The van der Waals surface area contributed by atoms with E-state index in [1.54, 1.807) is 14.2 Å². The van der Waals surface area contributed by atoms with Gasteiger partial charge in [-0.1, -0.05) is 22.0 Å². The highest BCUT2D eigenvalue weighted by molar-refractivity contribution is 9.11. The Hall–Kier alpha value is -0.670. The summed E-state index contributed by atoms with van der Waals surface area (Å²) < 4.78 is 11.3.